The van der Waals surface area contributed by atoms with Crippen LogP contribution in [0.25, 0.3) is 0 Å². The van der Waals surface area contributed by atoms with Crippen molar-refractivity contribution >= 4 is 27.3 Å². The molecule has 156 valence electrons. The third kappa shape index (κ3) is 4.46. The van der Waals surface area contributed by atoms with Crippen LogP contribution in [-0.2, 0) is 21.2 Å². The van der Waals surface area contributed by atoms with Crippen LogP contribution in [0.3, 0.4) is 0 Å². The lowest BCUT2D eigenvalue weighted by molar-refractivity contribution is -0.131. The zero-order valence-electron chi connectivity index (χ0n) is 16.6. The Balaban J connectivity index is 1.37. The van der Waals surface area contributed by atoms with Gasteiger partial charge in [-0.2, -0.15) is 4.31 Å². The average molecular weight is 425 g/mol. The first-order valence-corrected chi connectivity index (χ1v) is 13.2. The van der Waals surface area contributed by atoms with Crippen LogP contribution in [0.2, 0.25) is 0 Å². The van der Waals surface area contributed by atoms with Crippen molar-refractivity contribution in [2.75, 3.05) is 19.6 Å². The summed E-state index contributed by atoms with van der Waals surface area (Å²) in [5.41, 5.74) is 0. The number of nitrogens with zero attached hydrogens (tertiary/aromatic N) is 2. The molecule has 28 heavy (non-hydrogen) atoms. The Morgan fingerprint density at radius 1 is 0.964 bits per heavy atom. The third-order valence-corrected chi connectivity index (χ3v) is 10.1. The lowest BCUT2D eigenvalue weighted by atomic mass is 9.84. The van der Waals surface area contributed by atoms with E-state index in [1.807, 2.05) is 6.07 Å². The second-order valence-electron chi connectivity index (χ2n) is 8.63. The minimum atomic E-state index is -3.38. The van der Waals surface area contributed by atoms with E-state index in [9.17, 15) is 13.2 Å². The minimum absolute atomic E-state index is 0.172. The third-order valence-electron chi connectivity index (χ3n) is 6.65. The van der Waals surface area contributed by atoms with E-state index >= 15 is 0 Å². The smallest absolute Gasteiger partial charge is 0.252 e. The highest BCUT2D eigenvalue weighted by Crippen LogP contribution is 2.33. The van der Waals surface area contributed by atoms with Crippen molar-refractivity contribution in [2.24, 2.45) is 5.92 Å². The maximum Gasteiger partial charge on any atom is 0.252 e. The molecule has 0 bridgehead atoms. The van der Waals surface area contributed by atoms with Crippen molar-refractivity contribution < 1.29 is 13.2 Å². The molecule has 0 spiro atoms. The van der Waals surface area contributed by atoms with Gasteiger partial charge in [0.1, 0.15) is 4.21 Å². The number of sulfonamides is 1. The van der Waals surface area contributed by atoms with Gasteiger partial charge in [0.2, 0.25) is 5.91 Å². The Morgan fingerprint density at radius 2 is 1.71 bits per heavy atom. The van der Waals surface area contributed by atoms with Crippen LogP contribution < -0.4 is 0 Å². The molecule has 0 radical (unpaired) electrons. The molecule has 2 saturated heterocycles. The second kappa shape index (κ2) is 8.84. The number of carbonyl (C=O) groups excluding carboxylic acids is 1. The molecular weight excluding hydrogens is 392 g/mol. The van der Waals surface area contributed by atoms with Crippen molar-refractivity contribution in [2.45, 2.75) is 80.9 Å². The monoisotopic (exact) mass is 424 g/mol. The summed E-state index contributed by atoms with van der Waals surface area (Å²) >= 11 is 1.27. The summed E-state index contributed by atoms with van der Waals surface area (Å²) in [6.45, 7) is 2.09. The first-order chi connectivity index (χ1) is 13.5. The Kier molecular flexibility index (Phi) is 6.43. The number of hydrogen-bond acceptors (Lipinski definition) is 4. The summed E-state index contributed by atoms with van der Waals surface area (Å²) < 4.78 is 27.4. The number of hydrogen-bond donors (Lipinski definition) is 0. The van der Waals surface area contributed by atoms with Gasteiger partial charge in [-0.05, 0) is 50.2 Å². The zero-order chi connectivity index (χ0) is 19.6. The molecule has 0 N–H and O–H groups in total. The van der Waals surface area contributed by atoms with E-state index in [1.165, 1.54) is 43.4 Å². The van der Waals surface area contributed by atoms with E-state index in [0.717, 1.165) is 49.4 Å². The fourth-order valence-electron chi connectivity index (χ4n) is 5.11. The Bertz CT molecular complexity index is 777. The van der Waals surface area contributed by atoms with Gasteiger partial charge in [0, 0.05) is 30.6 Å². The number of carbonyl (C=O) groups is 1. The topological polar surface area (TPSA) is 57.7 Å². The Morgan fingerprint density at radius 3 is 2.46 bits per heavy atom. The van der Waals surface area contributed by atoms with Crippen LogP contribution in [0.4, 0.5) is 0 Å². The first kappa shape index (κ1) is 20.4. The van der Waals surface area contributed by atoms with Gasteiger partial charge in [0.25, 0.3) is 10.0 Å². The Labute approximate surface area is 173 Å². The maximum absolute atomic E-state index is 13.0. The SMILES string of the molecule is O=C(Cc1ccc(S(=O)(=O)N2CCCC2)s1)N1CCCC1CC1CCCCC1. The molecule has 7 heteroatoms. The predicted molar refractivity (Wildman–Crippen MR) is 112 cm³/mol. The molecule has 1 unspecified atom stereocenters. The van der Waals surface area contributed by atoms with Gasteiger partial charge < -0.3 is 4.90 Å². The van der Waals surface area contributed by atoms with Gasteiger partial charge in [0.05, 0.1) is 6.42 Å². The molecule has 3 fully saturated rings. The van der Waals surface area contributed by atoms with Crippen LogP contribution in [0.15, 0.2) is 16.3 Å². The highest BCUT2D eigenvalue weighted by molar-refractivity contribution is 7.91. The number of thiophene rings is 1. The number of rotatable bonds is 6. The molecule has 1 aromatic rings. The van der Waals surface area contributed by atoms with Crippen molar-refractivity contribution in [3.63, 3.8) is 0 Å². The molecule has 0 aromatic carbocycles. The van der Waals surface area contributed by atoms with E-state index in [1.54, 1.807) is 10.4 Å². The van der Waals surface area contributed by atoms with Crippen LogP contribution in [0.5, 0.6) is 0 Å². The summed E-state index contributed by atoms with van der Waals surface area (Å²) in [6, 6.07) is 3.91. The molecule has 4 rings (SSSR count). The molecule has 1 aliphatic carbocycles. The van der Waals surface area contributed by atoms with Gasteiger partial charge in [0.15, 0.2) is 0 Å². The van der Waals surface area contributed by atoms with Crippen molar-refractivity contribution in [3.8, 4) is 0 Å². The standard InChI is InChI=1S/C21H32N2O3S2/c24-20(23-14-6-9-18(23)15-17-7-2-1-3-8-17)16-19-10-11-21(27-19)28(25,26)22-12-4-5-13-22/h10-11,17-18H,1-9,12-16H2. The normalized spacial score (nSPS) is 24.9. The maximum atomic E-state index is 13.0. The van der Waals surface area contributed by atoms with Gasteiger partial charge in [-0.25, -0.2) is 8.42 Å². The zero-order valence-corrected chi connectivity index (χ0v) is 18.3. The predicted octanol–water partition coefficient (Wildman–Crippen LogP) is 4.04. The van der Waals surface area contributed by atoms with Crippen LogP contribution in [0, 0.1) is 5.92 Å². The van der Waals surface area contributed by atoms with Crippen LogP contribution in [-0.4, -0.2) is 49.2 Å². The van der Waals surface area contributed by atoms with Gasteiger partial charge in [-0.3, -0.25) is 4.79 Å². The van der Waals surface area contributed by atoms with Crippen molar-refractivity contribution in [3.05, 3.63) is 17.0 Å². The number of amides is 1. The van der Waals surface area contributed by atoms with E-state index in [-0.39, 0.29) is 5.91 Å². The second-order valence-corrected chi connectivity index (χ2v) is 12.0. The minimum Gasteiger partial charge on any atom is -0.339 e. The summed E-state index contributed by atoms with van der Waals surface area (Å²) in [5, 5.41) is 0. The van der Waals surface area contributed by atoms with Crippen molar-refractivity contribution in [1.82, 2.24) is 9.21 Å². The fourth-order valence-corrected chi connectivity index (χ4v) is 8.13. The highest BCUT2D eigenvalue weighted by atomic mass is 32.2. The molecule has 3 aliphatic rings. The largest absolute Gasteiger partial charge is 0.339 e. The summed E-state index contributed by atoms with van der Waals surface area (Å²) in [6.07, 6.45) is 12.3. The van der Waals surface area contributed by atoms with Gasteiger partial charge >= 0.3 is 0 Å². The average Bonchev–Trinajstić information content (AvgIpc) is 3.44. The van der Waals surface area contributed by atoms with E-state index in [4.69, 9.17) is 0 Å². The first-order valence-electron chi connectivity index (χ1n) is 10.9. The lowest BCUT2D eigenvalue weighted by Gasteiger charge is -2.30. The summed E-state index contributed by atoms with van der Waals surface area (Å²) in [7, 11) is -3.38. The molecule has 1 aromatic heterocycles. The van der Waals surface area contributed by atoms with Crippen LogP contribution in [0.1, 0.15) is 69.1 Å². The molecular formula is C21H32N2O3S2. The van der Waals surface area contributed by atoms with E-state index < -0.39 is 10.0 Å². The highest BCUT2D eigenvalue weighted by Gasteiger charge is 2.32. The summed E-state index contributed by atoms with van der Waals surface area (Å²) in [5.74, 6) is 0.955. The van der Waals surface area contributed by atoms with E-state index in [2.05, 4.69) is 4.90 Å². The van der Waals surface area contributed by atoms with Crippen molar-refractivity contribution in [1.29, 1.82) is 0 Å². The Hall–Kier alpha value is -0.920. The summed E-state index contributed by atoms with van der Waals surface area (Å²) in [4.78, 5) is 15.9. The lowest BCUT2D eigenvalue weighted by Crippen LogP contribution is -2.37. The molecule has 1 amide bonds. The fraction of sp³-hybridized carbons (Fsp3) is 0.762. The van der Waals surface area contributed by atoms with Crippen LogP contribution >= 0.6 is 11.3 Å². The molecule has 2 aliphatic heterocycles. The van der Waals surface area contributed by atoms with E-state index in [0.29, 0.717) is 29.8 Å². The molecule has 5 nitrogen and oxygen atoms in total. The van der Waals surface area contributed by atoms with Gasteiger partial charge in [-0.15, -0.1) is 11.3 Å². The molecule has 3 heterocycles. The molecule has 1 atom stereocenters. The van der Waals surface area contributed by atoms with Gasteiger partial charge in [-0.1, -0.05) is 32.1 Å². The number of likely N-dealkylation sites (tertiary alicyclic amines) is 1. The molecule has 1 saturated carbocycles. The quantitative estimate of drug-likeness (QED) is 0.693.